The topological polar surface area (TPSA) is 31.2 Å². The van der Waals surface area contributed by atoms with Crippen molar-refractivity contribution in [2.75, 3.05) is 7.11 Å². The molecule has 1 heterocycles. The lowest BCUT2D eigenvalue weighted by atomic mass is 10.6. The van der Waals surface area contributed by atoms with Crippen LogP contribution in [0.1, 0.15) is 0 Å². The van der Waals surface area contributed by atoms with Gasteiger partial charge in [-0.15, -0.1) is 0 Å². The average molecular weight is 138 g/mol. The number of aromatic nitrogens is 1. The fraction of sp³-hybridized carbons (Fsp3) is 0.286. The molecule has 0 saturated heterocycles. The van der Waals surface area contributed by atoms with E-state index in [0.717, 1.165) is 0 Å². The molecule has 0 spiro atoms. The van der Waals surface area contributed by atoms with Crippen molar-refractivity contribution in [3.8, 4) is 0 Å². The summed E-state index contributed by atoms with van der Waals surface area (Å²) >= 11 is 0. The Morgan fingerprint density at radius 1 is 1.80 bits per heavy atom. The predicted molar refractivity (Wildman–Crippen MR) is 35.3 cm³/mol. The zero-order chi connectivity index (χ0) is 7.40. The highest BCUT2D eigenvalue weighted by atomic mass is 16.5. The van der Waals surface area contributed by atoms with Crippen molar-refractivity contribution in [2.24, 2.45) is 0 Å². The van der Waals surface area contributed by atoms with Crippen molar-refractivity contribution in [1.29, 1.82) is 0 Å². The molecule has 3 heteroatoms. The van der Waals surface area contributed by atoms with Gasteiger partial charge >= 0.3 is 5.97 Å². The molecule has 1 rings (SSSR count). The van der Waals surface area contributed by atoms with Crippen molar-refractivity contribution in [3.63, 3.8) is 0 Å². The molecule has 3 nitrogen and oxygen atoms in total. The molecule has 0 amide bonds. The summed E-state index contributed by atoms with van der Waals surface area (Å²) in [5, 5.41) is 0. The van der Waals surface area contributed by atoms with E-state index in [4.69, 9.17) is 0 Å². The fourth-order valence-corrected chi connectivity index (χ4v) is 0.633. The third-order valence-electron chi connectivity index (χ3n) is 1.14. The summed E-state index contributed by atoms with van der Waals surface area (Å²) in [6, 6.07) is 4.55. The van der Waals surface area contributed by atoms with Gasteiger partial charge in [0.15, 0.2) is 0 Å². The van der Waals surface area contributed by atoms with Gasteiger partial charge in [-0.05, 0) is 6.07 Å². The average Bonchev–Trinajstić information content (AvgIpc) is 2.40. The molecule has 0 fully saturated rings. The van der Waals surface area contributed by atoms with Gasteiger partial charge in [-0.1, -0.05) is 0 Å². The summed E-state index contributed by atoms with van der Waals surface area (Å²) in [5.41, 5.74) is 0. The maximum absolute atomic E-state index is 10.6. The van der Waals surface area contributed by atoms with Crippen molar-refractivity contribution in [2.45, 2.75) is 6.54 Å². The van der Waals surface area contributed by atoms with Crippen LogP contribution in [-0.2, 0) is 16.1 Å². The summed E-state index contributed by atoms with van der Waals surface area (Å²) in [5.74, 6) is -0.246. The minimum absolute atomic E-state index is 0.246. The van der Waals surface area contributed by atoms with Gasteiger partial charge in [0.2, 0.25) is 0 Å². The Morgan fingerprint density at radius 2 is 2.60 bits per heavy atom. The van der Waals surface area contributed by atoms with Gasteiger partial charge in [-0.2, -0.15) is 0 Å². The first kappa shape index (κ1) is 6.86. The number of hydrogen-bond donors (Lipinski definition) is 0. The zero-order valence-electron chi connectivity index (χ0n) is 5.70. The molecular formula is C7H8NO2. The normalized spacial score (nSPS) is 9.30. The minimum atomic E-state index is -0.246. The SMILES string of the molecule is COC(=O)Cn1c[c]cc1. The first-order valence-electron chi connectivity index (χ1n) is 2.91. The van der Waals surface area contributed by atoms with Gasteiger partial charge in [0.25, 0.3) is 0 Å². The van der Waals surface area contributed by atoms with E-state index in [1.165, 1.54) is 7.11 Å². The lowest BCUT2D eigenvalue weighted by Gasteiger charge is -1.98. The molecule has 0 saturated carbocycles. The third-order valence-corrected chi connectivity index (χ3v) is 1.14. The molecule has 0 aromatic carbocycles. The highest BCUT2D eigenvalue weighted by Gasteiger charge is 1.98. The van der Waals surface area contributed by atoms with E-state index in [0.29, 0.717) is 0 Å². The van der Waals surface area contributed by atoms with Crippen LogP contribution >= 0.6 is 0 Å². The standard InChI is InChI=1S/C7H8NO2/c1-10-7(9)6-8-4-2-3-5-8/h2,4-5H,6H2,1H3. The van der Waals surface area contributed by atoms with Crippen LogP contribution in [0.15, 0.2) is 18.5 Å². The summed E-state index contributed by atoms with van der Waals surface area (Å²) in [6.07, 6.45) is 3.45. The lowest BCUT2D eigenvalue weighted by molar-refractivity contribution is -0.141. The monoisotopic (exact) mass is 138 g/mol. The van der Waals surface area contributed by atoms with Crippen molar-refractivity contribution < 1.29 is 9.53 Å². The maximum atomic E-state index is 10.6. The van der Waals surface area contributed by atoms with Gasteiger partial charge in [0.1, 0.15) is 6.54 Å². The summed E-state index contributed by atoms with van der Waals surface area (Å²) < 4.78 is 6.15. The van der Waals surface area contributed by atoms with Crippen LogP contribution in [0.4, 0.5) is 0 Å². The van der Waals surface area contributed by atoms with Crippen LogP contribution < -0.4 is 0 Å². The van der Waals surface area contributed by atoms with E-state index in [2.05, 4.69) is 10.8 Å². The molecule has 53 valence electrons. The van der Waals surface area contributed by atoms with Gasteiger partial charge in [-0.25, -0.2) is 0 Å². The molecule has 0 bridgehead atoms. The Kier molecular flexibility index (Phi) is 2.10. The molecule has 1 aromatic heterocycles. The number of carbonyl (C=O) groups excluding carboxylic acids is 1. The van der Waals surface area contributed by atoms with Gasteiger partial charge in [0.05, 0.1) is 7.11 Å². The second-order valence-corrected chi connectivity index (χ2v) is 1.86. The second-order valence-electron chi connectivity index (χ2n) is 1.86. The molecule has 1 radical (unpaired) electrons. The van der Waals surface area contributed by atoms with Crippen LogP contribution in [0, 0.1) is 6.07 Å². The van der Waals surface area contributed by atoms with E-state index >= 15 is 0 Å². The second kappa shape index (κ2) is 3.06. The maximum Gasteiger partial charge on any atom is 0.325 e. The molecule has 0 aliphatic heterocycles. The fourth-order valence-electron chi connectivity index (χ4n) is 0.633. The Labute approximate surface area is 59.2 Å². The molecule has 0 atom stereocenters. The largest absolute Gasteiger partial charge is 0.468 e. The Morgan fingerprint density at radius 3 is 3.10 bits per heavy atom. The molecule has 0 N–H and O–H groups in total. The first-order chi connectivity index (χ1) is 4.83. The molecule has 1 aromatic rings. The number of esters is 1. The van der Waals surface area contributed by atoms with Crippen molar-refractivity contribution in [1.82, 2.24) is 4.57 Å². The Hall–Kier alpha value is -1.25. The minimum Gasteiger partial charge on any atom is -0.468 e. The number of hydrogen-bond acceptors (Lipinski definition) is 2. The Balaban J connectivity index is 2.48. The van der Waals surface area contributed by atoms with E-state index in [9.17, 15) is 4.79 Å². The summed E-state index contributed by atoms with van der Waals surface area (Å²) in [4.78, 5) is 10.6. The molecule has 0 aliphatic rings. The first-order valence-corrected chi connectivity index (χ1v) is 2.91. The van der Waals surface area contributed by atoms with Crippen LogP contribution in [0.2, 0.25) is 0 Å². The van der Waals surface area contributed by atoms with Crippen LogP contribution in [0.25, 0.3) is 0 Å². The molecule has 0 aliphatic carbocycles. The Bertz CT molecular complexity index is 203. The number of methoxy groups -OCH3 is 1. The van der Waals surface area contributed by atoms with Crippen molar-refractivity contribution >= 4 is 5.97 Å². The summed E-state index contributed by atoms with van der Waals surface area (Å²) in [7, 11) is 1.37. The molecular weight excluding hydrogens is 130 g/mol. The van der Waals surface area contributed by atoms with E-state index < -0.39 is 0 Å². The predicted octanol–water partition coefficient (Wildman–Crippen LogP) is 0.461. The van der Waals surface area contributed by atoms with E-state index in [1.807, 2.05) is 0 Å². The number of rotatable bonds is 2. The van der Waals surface area contributed by atoms with Crippen LogP contribution in [0.3, 0.4) is 0 Å². The lowest BCUT2D eigenvalue weighted by Crippen LogP contribution is -2.09. The van der Waals surface area contributed by atoms with E-state index in [-0.39, 0.29) is 12.5 Å². The number of nitrogens with zero attached hydrogens (tertiary/aromatic N) is 1. The van der Waals surface area contributed by atoms with Crippen LogP contribution in [-0.4, -0.2) is 17.6 Å². The van der Waals surface area contributed by atoms with Crippen molar-refractivity contribution in [3.05, 3.63) is 24.5 Å². The van der Waals surface area contributed by atoms with Crippen LogP contribution in [0.5, 0.6) is 0 Å². The zero-order valence-corrected chi connectivity index (χ0v) is 5.70. The molecule has 0 unspecified atom stereocenters. The molecule has 10 heavy (non-hydrogen) atoms. The third kappa shape index (κ3) is 1.62. The smallest absolute Gasteiger partial charge is 0.325 e. The summed E-state index contributed by atoms with van der Waals surface area (Å²) in [6.45, 7) is 0.264. The van der Waals surface area contributed by atoms with E-state index in [1.54, 1.807) is 23.0 Å². The number of carbonyl (C=O) groups is 1. The van der Waals surface area contributed by atoms with Gasteiger partial charge in [0, 0.05) is 18.5 Å². The quantitative estimate of drug-likeness (QED) is 0.556. The number of ether oxygens (including phenoxy) is 1. The van der Waals surface area contributed by atoms with Gasteiger partial charge < -0.3 is 9.30 Å². The highest BCUT2D eigenvalue weighted by molar-refractivity contribution is 5.68. The highest BCUT2D eigenvalue weighted by Crippen LogP contribution is 1.89. The van der Waals surface area contributed by atoms with Gasteiger partial charge in [-0.3, -0.25) is 4.79 Å².